The van der Waals surface area contributed by atoms with Crippen LogP contribution in [0.3, 0.4) is 0 Å². The molecule has 1 unspecified atom stereocenters. The van der Waals surface area contributed by atoms with E-state index in [9.17, 15) is 13.2 Å². The number of nitrogens with zero attached hydrogens (tertiary/aromatic N) is 3. The topological polar surface area (TPSA) is 93.4 Å². The largest absolute Gasteiger partial charge is 0.411 e. The summed E-state index contributed by atoms with van der Waals surface area (Å²) in [5, 5.41) is 8.26. The fraction of sp³-hybridized carbons (Fsp3) is 0.438. The molecular weight excluding hydrogens is 362 g/mol. The van der Waals surface area contributed by atoms with Gasteiger partial charge in [0.15, 0.2) is 9.84 Å². The van der Waals surface area contributed by atoms with E-state index in [1.807, 2.05) is 37.3 Å². The Kier molecular flexibility index (Phi) is 5.43. The maximum Gasteiger partial charge on any atom is 0.277 e. The lowest BCUT2D eigenvalue weighted by atomic mass is 10.2. The SMILES string of the molecule is CCN(C(=O)CSc1nnc(-c2ccccc2)o1)C1CCS(=O)(=O)C1. The Morgan fingerprint density at radius 3 is 2.72 bits per heavy atom. The van der Waals surface area contributed by atoms with Crippen LogP contribution in [0.1, 0.15) is 13.3 Å². The second-order valence-electron chi connectivity index (χ2n) is 5.76. The smallest absolute Gasteiger partial charge is 0.277 e. The molecule has 1 atom stereocenters. The maximum atomic E-state index is 12.4. The number of thioether (sulfide) groups is 1. The standard InChI is InChI=1S/C16H19N3O4S2/c1-2-19(13-8-9-25(21,22)11-13)14(20)10-24-16-18-17-15(23-16)12-6-4-3-5-7-12/h3-7,13H,2,8-11H2,1H3. The number of sulfone groups is 1. The summed E-state index contributed by atoms with van der Waals surface area (Å²) in [7, 11) is -3.02. The lowest BCUT2D eigenvalue weighted by Crippen LogP contribution is -2.41. The molecule has 0 bridgehead atoms. The fourth-order valence-electron chi connectivity index (χ4n) is 2.83. The zero-order valence-corrected chi connectivity index (χ0v) is 15.4. The lowest BCUT2D eigenvalue weighted by molar-refractivity contribution is -0.129. The minimum atomic E-state index is -3.02. The molecule has 1 aliphatic heterocycles. The highest BCUT2D eigenvalue weighted by Gasteiger charge is 2.33. The van der Waals surface area contributed by atoms with Crippen molar-refractivity contribution >= 4 is 27.5 Å². The molecule has 1 saturated heterocycles. The first-order valence-corrected chi connectivity index (χ1v) is 10.8. The van der Waals surface area contributed by atoms with E-state index >= 15 is 0 Å². The summed E-state index contributed by atoms with van der Waals surface area (Å²) in [5.41, 5.74) is 0.819. The third kappa shape index (κ3) is 4.40. The number of amides is 1. The average Bonchev–Trinajstić information content (AvgIpc) is 3.21. The molecule has 2 heterocycles. The Bertz CT molecular complexity index is 836. The molecule has 1 aromatic heterocycles. The fourth-order valence-corrected chi connectivity index (χ4v) is 5.21. The van der Waals surface area contributed by atoms with E-state index in [-0.39, 0.29) is 29.2 Å². The van der Waals surface area contributed by atoms with Crippen LogP contribution in [0, 0.1) is 0 Å². The van der Waals surface area contributed by atoms with Crippen LogP contribution in [0.4, 0.5) is 0 Å². The van der Waals surface area contributed by atoms with Crippen molar-refractivity contribution in [3.8, 4) is 11.5 Å². The monoisotopic (exact) mass is 381 g/mol. The second kappa shape index (κ2) is 7.57. The quantitative estimate of drug-likeness (QED) is 0.705. The molecule has 0 spiro atoms. The van der Waals surface area contributed by atoms with E-state index < -0.39 is 9.84 Å². The van der Waals surface area contributed by atoms with Gasteiger partial charge in [-0.2, -0.15) is 0 Å². The Hall–Kier alpha value is -1.87. The molecule has 0 aliphatic carbocycles. The van der Waals surface area contributed by atoms with Gasteiger partial charge in [-0.15, -0.1) is 10.2 Å². The summed E-state index contributed by atoms with van der Waals surface area (Å²) in [6.45, 7) is 2.34. The van der Waals surface area contributed by atoms with E-state index in [0.29, 0.717) is 24.1 Å². The summed E-state index contributed by atoms with van der Waals surface area (Å²) in [4.78, 5) is 14.1. The summed E-state index contributed by atoms with van der Waals surface area (Å²) in [6.07, 6.45) is 0.505. The van der Waals surface area contributed by atoms with Crippen molar-refractivity contribution in [2.24, 2.45) is 0 Å². The van der Waals surface area contributed by atoms with Crippen LogP contribution >= 0.6 is 11.8 Å². The summed E-state index contributed by atoms with van der Waals surface area (Å²) in [6, 6.07) is 9.16. The van der Waals surface area contributed by atoms with Crippen LogP contribution in [-0.4, -0.2) is 59.3 Å². The first-order chi connectivity index (χ1) is 12.0. The van der Waals surface area contributed by atoms with Gasteiger partial charge < -0.3 is 9.32 Å². The van der Waals surface area contributed by atoms with Crippen molar-refractivity contribution in [1.82, 2.24) is 15.1 Å². The summed E-state index contributed by atoms with van der Waals surface area (Å²) >= 11 is 1.17. The van der Waals surface area contributed by atoms with Crippen molar-refractivity contribution in [2.45, 2.75) is 24.6 Å². The van der Waals surface area contributed by atoms with Gasteiger partial charge in [-0.05, 0) is 25.5 Å². The highest BCUT2D eigenvalue weighted by molar-refractivity contribution is 7.99. The lowest BCUT2D eigenvalue weighted by Gasteiger charge is -2.26. The van der Waals surface area contributed by atoms with Crippen LogP contribution < -0.4 is 0 Å². The maximum absolute atomic E-state index is 12.4. The van der Waals surface area contributed by atoms with Gasteiger partial charge in [0, 0.05) is 18.2 Å². The number of carbonyl (C=O) groups excluding carboxylic acids is 1. The molecule has 1 aromatic carbocycles. The Morgan fingerprint density at radius 2 is 2.08 bits per heavy atom. The Morgan fingerprint density at radius 1 is 1.32 bits per heavy atom. The molecule has 134 valence electrons. The summed E-state index contributed by atoms with van der Waals surface area (Å²) in [5.74, 6) is 0.633. The molecule has 1 fully saturated rings. The van der Waals surface area contributed by atoms with E-state index in [2.05, 4.69) is 10.2 Å². The van der Waals surface area contributed by atoms with Gasteiger partial charge in [-0.3, -0.25) is 4.79 Å². The molecule has 7 nitrogen and oxygen atoms in total. The minimum Gasteiger partial charge on any atom is -0.411 e. The normalized spacial score (nSPS) is 19.0. The van der Waals surface area contributed by atoms with Crippen molar-refractivity contribution < 1.29 is 17.6 Å². The second-order valence-corrected chi connectivity index (χ2v) is 8.92. The van der Waals surface area contributed by atoms with Crippen LogP contribution in [0.5, 0.6) is 0 Å². The van der Waals surface area contributed by atoms with E-state index in [0.717, 1.165) is 5.56 Å². The van der Waals surface area contributed by atoms with Gasteiger partial charge in [-0.25, -0.2) is 8.42 Å². The Labute approximate surface area is 150 Å². The first kappa shape index (κ1) is 17.9. The van der Waals surface area contributed by atoms with Crippen molar-refractivity contribution in [3.05, 3.63) is 30.3 Å². The highest BCUT2D eigenvalue weighted by atomic mass is 32.2. The van der Waals surface area contributed by atoms with Gasteiger partial charge in [0.25, 0.3) is 5.22 Å². The van der Waals surface area contributed by atoms with Crippen LogP contribution in [0.15, 0.2) is 40.0 Å². The molecule has 0 N–H and O–H groups in total. The van der Waals surface area contributed by atoms with Crippen LogP contribution in [0.2, 0.25) is 0 Å². The average molecular weight is 381 g/mol. The van der Waals surface area contributed by atoms with E-state index in [1.54, 1.807) is 4.90 Å². The predicted octanol–water partition coefficient (Wildman–Crippen LogP) is 1.86. The molecular formula is C16H19N3O4S2. The van der Waals surface area contributed by atoms with Crippen molar-refractivity contribution in [1.29, 1.82) is 0 Å². The molecule has 2 aromatic rings. The first-order valence-electron chi connectivity index (χ1n) is 8.00. The Balaban J connectivity index is 1.59. The van der Waals surface area contributed by atoms with Crippen LogP contribution in [0.25, 0.3) is 11.5 Å². The number of carbonyl (C=O) groups is 1. The third-order valence-corrected chi connectivity index (χ3v) is 6.61. The van der Waals surface area contributed by atoms with Gasteiger partial charge in [0.05, 0.1) is 17.3 Å². The number of hydrogen-bond donors (Lipinski definition) is 0. The number of rotatable bonds is 6. The van der Waals surface area contributed by atoms with Gasteiger partial charge in [0.1, 0.15) is 0 Å². The van der Waals surface area contributed by atoms with E-state index in [4.69, 9.17) is 4.42 Å². The molecule has 0 saturated carbocycles. The zero-order chi connectivity index (χ0) is 17.9. The zero-order valence-electron chi connectivity index (χ0n) is 13.8. The number of aromatic nitrogens is 2. The molecule has 25 heavy (non-hydrogen) atoms. The van der Waals surface area contributed by atoms with Crippen molar-refractivity contribution in [3.63, 3.8) is 0 Å². The summed E-state index contributed by atoms with van der Waals surface area (Å²) < 4.78 is 28.8. The van der Waals surface area contributed by atoms with E-state index in [1.165, 1.54) is 11.8 Å². The van der Waals surface area contributed by atoms with Crippen LogP contribution in [-0.2, 0) is 14.6 Å². The minimum absolute atomic E-state index is 0.0515. The molecule has 3 rings (SSSR count). The van der Waals surface area contributed by atoms with Gasteiger partial charge in [0.2, 0.25) is 11.8 Å². The molecule has 1 aliphatic rings. The number of benzene rings is 1. The number of hydrogen-bond acceptors (Lipinski definition) is 7. The van der Waals surface area contributed by atoms with Gasteiger partial charge in [-0.1, -0.05) is 30.0 Å². The molecule has 9 heteroatoms. The molecule has 1 amide bonds. The third-order valence-electron chi connectivity index (χ3n) is 4.06. The predicted molar refractivity (Wildman–Crippen MR) is 94.9 cm³/mol. The van der Waals surface area contributed by atoms with Gasteiger partial charge >= 0.3 is 0 Å². The highest BCUT2D eigenvalue weighted by Crippen LogP contribution is 2.24. The molecule has 0 radical (unpaired) electrons. The van der Waals surface area contributed by atoms with Crippen molar-refractivity contribution in [2.75, 3.05) is 23.8 Å².